The van der Waals surface area contributed by atoms with Gasteiger partial charge in [-0.2, -0.15) is 5.26 Å². The molecule has 0 rings (SSSR count). The van der Waals surface area contributed by atoms with Crippen molar-refractivity contribution in [3.63, 3.8) is 0 Å². The van der Waals surface area contributed by atoms with Crippen LogP contribution in [0.2, 0.25) is 6.04 Å². The highest BCUT2D eigenvalue weighted by Crippen LogP contribution is 2.15. The maximum atomic E-state index is 8.45. The van der Waals surface area contributed by atoms with Gasteiger partial charge in [-0.25, -0.2) is 0 Å². The summed E-state index contributed by atoms with van der Waals surface area (Å²) in [5.41, 5.74) is 0. The van der Waals surface area contributed by atoms with Gasteiger partial charge in [0.2, 0.25) is 0 Å². The van der Waals surface area contributed by atoms with E-state index < -0.39 is 8.80 Å². The van der Waals surface area contributed by atoms with Gasteiger partial charge in [0.25, 0.3) is 0 Å². The summed E-state index contributed by atoms with van der Waals surface area (Å²) in [6.45, 7) is 2.65. The Hall–Kier alpha value is -0.413. The number of nitrogens with zero attached hydrogens (tertiary/aromatic N) is 1. The maximum absolute atomic E-state index is 8.45. The van der Waals surface area contributed by atoms with Gasteiger partial charge in [0.05, 0.1) is 6.07 Å². The molecule has 0 aliphatic carbocycles. The summed E-state index contributed by atoms with van der Waals surface area (Å²) in [7, 11) is 0.636. The minimum absolute atomic E-state index is 0.414. The lowest BCUT2D eigenvalue weighted by Crippen LogP contribution is -2.43. The van der Waals surface area contributed by atoms with Crippen LogP contribution < -0.4 is 0 Å². The van der Waals surface area contributed by atoms with E-state index in [0.29, 0.717) is 19.1 Å². The molecule has 4 nitrogen and oxygen atoms in total. The fourth-order valence-electron chi connectivity index (χ4n) is 0.944. The summed E-state index contributed by atoms with van der Waals surface area (Å²) in [6.07, 6.45) is 1.34. The first kappa shape index (κ1) is 12.6. The van der Waals surface area contributed by atoms with E-state index in [9.17, 15) is 0 Å². The number of rotatable bonds is 7. The molecule has 0 bridgehead atoms. The van der Waals surface area contributed by atoms with E-state index in [0.717, 1.165) is 6.42 Å². The summed E-state index contributed by atoms with van der Waals surface area (Å²) < 4.78 is 16.0. The second kappa shape index (κ2) is 7.03. The monoisotopic (exact) mass is 203 g/mol. The van der Waals surface area contributed by atoms with Crippen LogP contribution in [0.5, 0.6) is 0 Å². The van der Waals surface area contributed by atoms with Crippen molar-refractivity contribution in [2.45, 2.75) is 25.8 Å². The highest BCUT2D eigenvalue weighted by molar-refractivity contribution is 6.60. The lowest BCUT2D eigenvalue weighted by Gasteiger charge is -2.25. The third-order valence-corrected chi connectivity index (χ3v) is 4.44. The van der Waals surface area contributed by atoms with Crippen molar-refractivity contribution in [2.24, 2.45) is 0 Å². The Balaban J connectivity index is 4.06. The predicted octanol–water partition coefficient (Wildman–Crippen LogP) is 1.56. The highest BCUT2D eigenvalue weighted by Gasteiger charge is 2.38. The largest absolute Gasteiger partial charge is 0.501 e. The highest BCUT2D eigenvalue weighted by atomic mass is 28.4. The van der Waals surface area contributed by atoms with Gasteiger partial charge in [-0.3, -0.25) is 0 Å². The molecule has 76 valence electrons. The molecule has 0 aromatic carbocycles. The summed E-state index contributed by atoms with van der Waals surface area (Å²) in [6, 6.07) is 2.63. The average Bonchev–Trinajstić information content (AvgIpc) is 2.20. The van der Waals surface area contributed by atoms with Crippen LogP contribution in [0, 0.1) is 11.3 Å². The van der Waals surface area contributed by atoms with Crippen molar-refractivity contribution < 1.29 is 13.3 Å². The molecular weight excluding hydrogens is 186 g/mol. The standard InChI is InChI=1S/C8H17NO3Si/c1-4-7-12-13(10-2,11-3)8-5-6-9/h4-5,7-8H2,1-3H3. The topological polar surface area (TPSA) is 51.5 Å². The minimum Gasteiger partial charge on any atom is -0.377 e. The van der Waals surface area contributed by atoms with Crippen LogP contribution in [-0.2, 0) is 13.3 Å². The van der Waals surface area contributed by atoms with Crippen molar-refractivity contribution >= 4 is 8.80 Å². The lowest BCUT2D eigenvalue weighted by molar-refractivity contribution is 0.0987. The van der Waals surface area contributed by atoms with Crippen LogP contribution in [-0.4, -0.2) is 29.6 Å². The Bertz CT molecular complexity index is 165. The minimum atomic E-state index is -2.51. The lowest BCUT2D eigenvalue weighted by atomic mass is 10.5. The molecule has 0 aromatic heterocycles. The molecule has 0 heterocycles. The van der Waals surface area contributed by atoms with E-state index >= 15 is 0 Å². The second-order valence-corrected chi connectivity index (χ2v) is 5.57. The summed E-state index contributed by atoms with van der Waals surface area (Å²) in [5, 5.41) is 8.45. The number of nitriles is 1. The quantitative estimate of drug-likeness (QED) is 0.589. The first-order valence-corrected chi connectivity index (χ1v) is 6.29. The predicted molar refractivity (Wildman–Crippen MR) is 51.1 cm³/mol. The molecule has 5 heteroatoms. The Kier molecular flexibility index (Phi) is 6.81. The van der Waals surface area contributed by atoms with Crippen LogP contribution in [0.25, 0.3) is 0 Å². The molecule has 0 radical (unpaired) electrons. The molecule has 0 aliphatic heterocycles. The molecule has 0 N–H and O–H groups in total. The van der Waals surface area contributed by atoms with Gasteiger partial charge >= 0.3 is 8.80 Å². The zero-order chi connectivity index (χ0) is 10.2. The van der Waals surface area contributed by atoms with Gasteiger partial charge in [0.1, 0.15) is 0 Å². The fraction of sp³-hybridized carbons (Fsp3) is 0.875. The molecule has 0 fully saturated rings. The molecule has 0 aromatic rings. The third kappa shape index (κ3) is 4.38. The van der Waals surface area contributed by atoms with Crippen LogP contribution >= 0.6 is 0 Å². The van der Waals surface area contributed by atoms with E-state index in [4.69, 9.17) is 18.5 Å². The maximum Gasteiger partial charge on any atom is 0.501 e. The summed E-state index contributed by atoms with van der Waals surface area (Å²) in [5.74, 6) is 0. The van der Waals surface area contributed by atoms with Crippen LogP contribution in [0.3, 0.4) is 0 Å². The van der Waals surface area contributed by atoms with Gasteiger partial charge in [-0.1, -0.05) is 6.92 Å². The smallest absolute Gasteiger partial charge is 0.377 e. The molecule has 0 spiro atoms. The van der Waals surface area contributed by atoms with Crippen molar-refractivity contribution in [3.05, 3.63) is 0 Å². The van der Waals surface area contributed by atoms with Crippen molar-refractivity contribution in [2.75, 3.05) is 20.8 Å². The first-order valence-electron chi connectivity index (χ1n) is 4.36. The molecule has 0 aliphatic rings. The van der Waals surface area contributed by atoms with E-state index in [1.807, 2.05) is 6.92 Å². The number of hydrogen-bond acceptors (Lipinski definition) is 4. The molecule has 0 amide bonds. The molecule has 0 unspecified atom stereocenters. The molecule has 0 saturated carbocycles. The second-order valence-electron chi connectivity index (χ2n) is 2.60. The Morgan fingerprint density at radius 3 is 2.31 bits per heavy atom. The third-order valence-electron chi connectivity index (χ3n) is 1.69. The normalized spacial score (nSPS) is 11.2. The van der Waals surface area contributed by atoms with E-state index in [-0.39, 0.29) is 0 Å². The van der Waals surface area contributed by atoms with Crippen LogP contribution in [0.4, 0.5) is 0 Å². The van der Waals surface area contributed by atoms with Gasteiger partial charge in [0, 0.05) is 33.3 Å². The molecule has 0 atom stereocenters. The number of hydrogen-bond donors (Lipinski definition) is 0. The van der Waals surface area contributed by atoms with E-state index in [1.54, 1.807) is 14.2 Å². The van der Waals surface area contributed by atoms with Gasteiger partial charge in [-0.15, -0.1) is 0 Å². The Morgan fingerprint density at radius 2 is 1.92 bits per heavy atom. The summed E-state index contributed by atoms with van der Waals surface area (Å²) >= 11 is 0. The van der Waals surface area contributed by atoms with Crippen molar-refractivity contribution in [1.82, 2.24) is 0 Å². The zero-order valence-electron chi connectivity index (χ0n) is 8.50. The first-order chi connectivity index (χ1) is 6.24. The summed E-state index contributed by atoms with van der Waals surface area (Å²) in [4.78, 5) is 0. The molecule has 13 heavy (non-hydrogen) atoms. The van der Waals surface area contributed by atoms with Gasteiger partial charge in [-0.05, 0) is 6.42 Å². The van der Waals surface area contributed by atoms with Crippen LogP contribution in [0.15, 0.2) is 0 Å². The van der Waals surface area contributed by atoms with E-state index in [2.05, 4.69) is 6.07 Å². The van der Waals surface area contributed by atoms with Crippen molar-refractivity contribution in [3.8, 4) is 6.07 Å². The fourth-order valence-corrected chi connectivity index (χ4v) is 2.83. The van der Waals surface area contributed by atoms with Crippen molar-refractivity contribution in [1.29, 1.82) is 5.26 Å². The zero-order valence-corrected chi connectivity index (χ0v) is 9.50. The Labute approximate surface area is 80.8 Å². The SMILES string of the molecule is CCCO[Si](CCC#N)(OC)OC. The van der Waals surface area contributed by atoms with E-state index in [1.165, 1.54) is 0 Å². The average molecular weight is 203 g/mol. The molecule has 0 saturated heterocycles. The van der Waals surface area contributed by atoms with Gasteiger partial charge < -0.3 is 13.3 Å². The Morgan fingerprint density at radius 1 is 1.31 bits per heavy atom. The van der Waals surface area contributed by atoms with Gasteiger partial charge in [0.15, 0.2) is 0 Å². The molecular formula is C8H17NO3Si. The van der Waals surface area contributed by atoms with Crippen LogP contribution in [0.1, 0.15) is 19.8 Å².